The van der Waals surface area contributed by atoms with Crippen molar-refractivity contribution in [3.63, 3.8) is 0 Å². The number of para-hydroxylation sites is 1. The number of furan rings is 1. The Balaban J connectivity index is 1.82. The Morgan fingerprint density at radius 3 is 2.67 bits per heavy atom. The molecule has 0 aliphatic carbocycles. The number of aryl methyl sites for hydroxylation is 1. The van der Waals surface area contributed by atoms with E-state index in [1.165, 1.54) is 43.0 Å². The van der Waals surface area contributed by atoms with Gasteiger partial charge < -0.3 is 4.42 Å². The predicted octanol–water partition coefficient (Wildman–Crippen LogP) is 5.27. The molecule has 0 amide bonds. The maximum Gasteiger partial charge on any atom is 0.154 e. The van der Waals surface area contributed by atoms with Gasteiger partial charge >= 0.3 is 0 Å². The summed E-state index contributed by atoms with van der Waals surface area (Å²) in [6.07, 6.45) is 8.10. The summed E-state index contributed by atoms with van der Waals surface area (Å²) in [5, 5.41) is 5.94. The molecular weight excluding hydrogens is 260 g/mol. The smallest absolute Gasteiger partial charge is 0.154 e. The predicted molar refractivity (Wildman–Crippen MR) is 86.2 cm³/mol. The van der Waals surface area contributed by atoms with Crippen LogP contribution >= 0.6 is 0 Å². The van der Waals surface area contributed by atoms with Gasteiger partial charge in [0.1, 0.15) is 5.69 Å². The van der Waals surface area contributed by atoms with Crippen molar-refractivity contribution in [2.45, 2.75) is 45.6 Å². The molecule has 1 aromatic carbocycles. The molecular formula is C18H22N2O. The summed E-state index contributed by atoms with van der Waals surface area (Å²) in [5.74, 6) is 0.843. The van der Waals surface area contributed by atoms with Gasteiger partial charge in [-0.3, -0.25) is 4.68 Å². The molecule has 0 unspecified atom stereocenters. The summed E-state index contributed by atoms with van der Waals surface area (Å²) in [6.45, 7) is 3.22. The van der Waals surface area contributed by atoms with E-state index < -0.39 is 0 Å². The lowest BCUT2D eigenvalue weighted by molar-refractivity contribution is 0.540. The lowest BCUT2D eigenvalue weighted by Crippen LogP contribution is -2.00. The Morgan fingerprint density at radius 1 is 1.00 bits per heavy atom. The van der Waals surface area contributed by atoms with E-state index in [0.717, 1.165) is 18.0 Å². The van der Waals surface area contributed by atoms with E-state index in [2.05, 4.69) is 35.9 Å². The van der Waals surface area contributed by atoms with E-state index in [1.807, 2.05) is 12.1 Å². The molecule has 0 aliphatic heterocycles. The molecule has 0 saturated heterocycles. The van der Waals surface area contributed by atoms with Gasteiger partial charge in [0.2, 0.25) is 0 Å². The zero-order valence-electron chi connectivity index (χ0n) is 12.6. The van der Waals surface area contributed by atoms with Crippen LogP contribution in [-0.4, -0.2) is 9.78 Å². The Labute approximate surface area is 125 Å². The van der Waals surface area contributed by atoms with E-state index in [4.69, 9.17) is 9.52 Å². The average Bonchev–Trinajstić information content (AvgIpc) is 3.15. The largest absolute Gasteiger partial charge is 0.463 e. The molecule has 2 heterocycles. The molecule has 0 aliphatic rings. The number of hydrogen-bond donors (Lipinski definition) is 0. The van der Waals surface area contributed by atoms with Crippen LogP contribution in [0.1, 0.15) is 39.0 Å². The van der Waals surface area contributed by atoms with Crippen molar-refractivity contribution in [3.05, 3.63) is 42.7 Å². The molecule has 0 radical (unpaired) electrons. The molecule has 0 bridgehead atoms. The fourth-order valence-electron chi connectivity index (χ4n) is 2.76. The number of rotatable bonds is 7. The van der Waals surface area contributed by atoms with Crippen LogP contribution in [0.4, 0.5) is 0 Å². The van der Waals surface area contributed by atoms with Crippen molar-refractivity contribution in [2.75, 3.05) is 0 Å². The van der Waals surface area contributed by atoms with Gasteiger partial charge in [0, 0.05) is 11.9 Å². The Bertz CT molecular complexity index is 682. The highest BCUT2D eigenvalue weighted by Crippen LogP contribution is 2.28. The van der Waals surface area contributed by atoms with Gasteiger partial charge in [-0.2, -0.15) is 5.10 Å². The SMILES string of the molecule is CCCCCCCn1nc(-c2ccco2)c2ccccc21. The minimum absolute atomic E-state index is 0.843. The van der Waals surface area contributed by atoms with Crippen molar-refractivity contribution in [1.29, 1.82) is 0 Å². The Hall–Kier alpha value is -2.03. The molecule has 0 atom stereocenters. The van der Waals surface area contributed by atoms with Crippen molar-refractivity contribution >= 4 is 10.9 Å². The highest BCUT2D eigenvalue weighted by atomic mass is 16.3. The van der Waals surface area contributed by atoms with Crippen LogP contribution in [0.5, 0.6) is 0 Å². The van der Waals surface area contributed by atoms with Gasteiger partial charge in [-0.25, -0.2) is 0 Å². The van der Waals surface area contributed by atoms with Gasteiger partial charge in [0.15, 0.2) is 5.76 Å². The van der Waals surface area contributed by atoms with E-state index in [9.17, 15) is 0 Å². The second kappa shape index (κ2) is 6.61. The molecule has 3 aromatic rings. The number of unbranched alkanes of at least 4 members (excludes halogenated alkanes) is 4. The van der Waals surface area contributed by atoms with Crippen molar-refractivity contribution < 1.29 is 4.42 Å². The topological polar surface area (TPSA) is 31.0 Å². The molecule has 21 heavy (non-hydrogen) atoms. The fourth-order valence-corrected chi connectivity index (χ4v) is 2.76. The second-order valence-corrected chi connectivity index (χ2v) is 5.48. The fraction of sp³-hybridized carbons (Fsp3) is 0.389. The molecule has 0 spiro atoms. The summed E-state index contributed by atoms with van der Waals surface area (Å²) in [6, 6.07) is 12.3. The average molecular weight is 282 g/mol. The van der Waals surface area contributed by atoms with Crippen molar-refractivity contribution in [2.24, 2.45) is 0 Å². The number of nitrogens with zero attached hydrogens (tertiary/aromatic N) is 2. The zero-order chi connectivity index (χ0) is 14.5. The molecule has 3 heteroatoms. The molecule has 3 rings (SSSR count). The third-order valence-corrected chi connectivity index (χ3v) is 3.89. The summed E-state index contributed by atoms with van der Waals surface area (Å²) >= 11 is 0. The van der Waals surface area contributed by atoms with Gasteiger partial charge in [0.25, 0.3) is 0 Å². The standard InChI is InChI=1S/C18H22N2O/c1-2-3-4-5-8-13-20-16-11-7-6-10-15(16)18(19-20)17-12-9-14-21-17/h6-7,9-12,14H,2-5,8,13H2,1H3. The van der Waals surface area contributed by atoms with E-state index >= 15 is 0 Å². The number of hydrogen-bond acceptors (Lipinski definition) is 2. The van der Waals surface area contributed by atoms with Gasteiger partial charge in [0.05, 0.1) is 11.8 Å². The normalized spacial score (nSPS) is 11.3. The van der Waals surface area contributed by atoms with Crippen LogP contribution in [0.3, 0.4) is 0 Å². The minimum Gasteiger partial charge on any atom is -0.463 e. The Kier molecular flexibility index (Phi) is 4.39. The van der Waals surface area contributed by atoms with Crippen LogP contribution in [0.2, 0.25) is 0 Å². The maximum absolute atomic E-state index is 5.52. The van der Waals surface area contributed by atoms with E-state index in [0.29, 0.717) is 0 Å². The summed E-state index contributed by atoms with van der Waals surface area (Å²) in [5.41, 5.74) is 2.14. The Morgan fingerprint density at radius 2 is 1.86 bits per heavy atom. The molecule has 0 fully saturated rings. The monoisotopic (exact) mass is 282 g/mol. The van der Waals surface area contributed by atoms with Gasteiger partial charge in [-0.15, -0.1) is 0 Å². The first-order valence-electron chi connectivity index (χ1n) is 7.89. The zero-order valence-corrected chi connectivity index (χ0v) is 12.6. The molecule has 3 nitrogen and oxygen atoms in total. The van der Waals surface area contributed by atoms with Crippen LogP contribution in [0.15, 0.2) is 47.1 Å². The maximum atomic E-state index is 5.52. The van der Waals surface area contributed by atoms with Gasteiger partial charge in [-0.1, -0.05) is 50.8 Å². The molecule has 110 valence electrons. The van der Waals surface area contributed by atoms with Crippen LogP contribution in [-0.2, 0) is 6.54 Å². The lowest BCUT2D eigenvalue weighted by atomic mass is 10.1. The van der Waals surface area contributed by atoms with Crippen LogP contribution < -0.4 is 0 Å². The first kappa shape index (κ1) is 13.9. The van der Waals surface area contributed by atoms with E-state index in [1.54, 1.807) is 6.26 Å². The summed E-state index contributed by atoms with van der Waals surface area (Å²) in [7, 11) is 0. The third kappa shape index (κ3) is 3.02. The first-order chi connectivity index (χ1) is 10.4. The van der Waals surface area contributed by atoms with Crippen LogP contribution in [0.25, 0.3) is 22.4 Å². The summed E-state index contributed by atoms with van der Waals surface area (Å²) in [4.78, 5) is 0. The third-order valence-electron chi connectivity index (χ3n) is 3.89. The molecule has 0 N–H and O–H groups in total. The lowest BCUT2D eigenvalue weighted by Gasteiger charge is -2.03. The number of aromatic nitrogens is 2. The quantitative estimate of drug-likeness (QED) is 0.553. The van der Waals surface area contributed by atoms with E-state index in [-0.39, 0.29) is 0 Å². The highest BCUT2D eigenvalue weighted by Gasteiger charge is 2.13. The van der Waals surface area contributed by atoms with Crippen molar-refractivity contribution in [3.8, 4) is 11.5 Å². The molecule has 2 aromatic heterocycles. The number of benzene rings is 1. The second-order valence-electron chi connectivity index (χ2n) is 5.48. The summed E-state index contributed by atoms with van der Waals surface area (Å²) < 4.78 is 7.65. The van der Waals surface area contributed by atoms with Crippen LogP contribution in [0, 0.1) is 0 Å². The number of fused-ring (bicyclic) bond motifs is 1. The van der Waals surface area contributed by atoms with Gasteiger partial charge in [-0.05, 0) is 24.6 Å². The highest BCUT2D eigenvalue weighted by molar-refractivity contribution is 5.91. The van der Waals surface area contributed by atoms with Crippen molar-refractivity contribution in [1.82, 2.24) is 9.78 Å². The minimum atomic E-state index is 0.843. The molecule has 0 saturated carbocycles. The first-order valence-corrected chi connectivity index (χ1v) is 7.89.